The van der Waals surface area contributed by atoms with Crippen LogP contribution in [0.3, 0.4) is 0 Å². The fourth-order valence-electron chi connectivity index (χ4n) is 3.48. The molecule has 0 bridgehead atoms. The summed E-state index contributed by atoms with van der Waals surface area (Å²) in [7, 11) is 0. The van der Waals surface area contributed by atoms with Crippen LogP contribution in [0.15, 0.2) is 61.7 Å². The monoisotopic (exact) mass is 506 g/mol. The summed E-state index contributed by atoms with van der Waals surface area (Å²) in [4.78, 5) is 32.5. The number of benzene rings is 2. The molecule has 0 spiro atoms. The zero-order valence-corrected chi connectivity index (χ0v) is 18.3. The van der Waals surface area contributed by atoms with Gasteiger partial charge in [0.25, 0.3) is 5.91 Å². The fourth-order valence-corrected chi connectivity index (χ4v) is 4.81. The van der Waals surface area contributed by atoms with E-state index in [-0.39, 0.29) is 16.8 Å². The van der Waals surface area contributed by atoms with Crippen LogP contribution in [-0.4, -0.2) is 10.9 Å². The van der Waals surface area contributed by atoms with E-state index < -0.39 is 11.9 Å². The molecule has 4 aromatic rings. The lowest BCUT2D eigenvalue weighted by Gasteiger charge is -2.22. The van der Waals surface area contributed by atoms with E-state index >= 15 is 0 Å². The molecule has 2 aromatic heterocycles. The maximum atomic E-state index is 13.4. The molecule has 1 atom stereocenters. The molecule has 0 saturated carbocycles. The van der Waals surface area contributed by atoms with Gasteiger partial charge in [-0.2, -0.15) is 0 Å². The minimum Gasteiger partial charge on any atom is -0.450 e. The second kappa shape index (κ2) is 6.95. The molecule has 0 N–H and O–H groups in total. The number of thiazole rings is 1. The van der Waals surface area contributed by atoms with Crippen molar-refractivity contribution < 1.29 is 9.21 Å². The van der Waals surface area contributed by atoms with Crippen molar-refractivity contribution in [1.29, 1.82) is 0 Å². The van der Waals surface area contributed by atoms with E-state index in [9.17, 15) is 9.59 Å². The molecule has 0 aliphatic carbocycles. The SMILES string of the molecule is O=C1c2oc3ccc(Br)cc3c(=O)c2C(c2ccc(Cl)c(Cl)c2)N1c1nccs1. The number of halogens is 3. The van der Waals surface area contributed by atoms with Gasteiger partial charge in [0.1, 0.15) is 5.58 Å². The smallest absolute Gasteiger partial charge is 0.297 e. The molecule has 1 unspecified atom stereocenters. The van der Waals surface area contributed by atoms with Crippen molar-refractivity contribution in [2.75, 3.05) is 4.90 Å². The van der Waals surface area contributed by atoms with Crippen LogP contribution in [0.1, 0.15) is 27.7 Å². The Balaban J connectivity index is 1.84. The van der Waals surface area contributed by atoms with Crippen molar-refractivity contribution in [3.63, 3.8) is 0 Å². The third-order valence-electron chi connectivity index (χ3n) is 4.72. The van der Waals surface area contributed by atoms with Crippen LogP contribution in [0.25, 0.3) is 11.0 Å². The highest BCUT2D eigenvalue weighted by atomic mass is 79.9. The van der Waals surface area contributed by atoms with Crippen molar-refractivity contribution >= 4 is 72.5 Å². The predicted molar refractivity (Wildman–Crippen MR) is 117 cm³/mol. The zero-order valence-electron chi connectivity index (χ0n) is 14.4. The van der Waals surface area contributed by atoms with Crippen molar-refractivity contribution in [2.45, 2.75) is 6.04 Å². The van der Waals surface area contributed by atoms with Gasteiger partial charge in [0.15, 0.2) is 10.6 Å². The Hall–Kier alpha value is -2.19. The van der Waals surface area contributed by atoms with E-state index in [1.807, 2.05) is 0 Å². The molecule has 1 aliphatic rings. The Labute approximate surface area is 186 Å². The van der Waals surface area contributed by atoms with Crippen molar-refractivity contribution in [2.24, 2.45) is 0 Å². The second-order valence-corrected chi connectivity index (χ2v) is 8.98. The molecule has 1 amide bonds. The number of aromatic nitrogens is 1. The molecule has 5 nitrogen and oxygen atoms in total. The van der Waals surface area contributed by atoms with Gasteiger partial charge in [-0.05, 0) is 35.9 Å². The first-order chi connectivity index (χ1) is 14.0. The number of carbonyl (C=O) groups is 1. The molecule has 2 aromatic carbocycles. The van der Waals surface area contributed by atoms with E-state index in [0.717, 1.165) is 4.47 Å². The Morgan fingerprint density at radius 1 is 1.10 bits per heavy atom. The lowest BCUT2D eigenvalue weighted by molar-refractivity contribution is 0.0971. The Bertz CT molecular complexity index is 1350. The molecule has 9 heteroatoms. The van der Waals surface area contributed by atoms with Crippen molar-refractivity contribution in [1.82, 2.24) is 4.98 Å². The van der Waals surface area contributed by atoms with Crippen molar-refractivity contribution in [3.05, 3.63) is 89.6 Å². The maximum Gasteiger partial charge on any atom is 0.297 e. The highest BCUT2D eigenvalue weighted by Crippen LogP contribution is 2.43. The zero-order chi connectivity index (χ0) is 20.3. The first-order valence-electron chi connectivity index (χ1n) is 8.40. The van der Waals surface area contributed by atoms with Crippen LogP contribution in [0.5, 0.6) is 0 Å². The van der Waals surface area contributed by atoms with Gasteiger partial charge in [-0.25, -0.2) is 4.98 Å². The summed E-state index contributed by atoms with van der Waals surface area (Å²) < 4.78 is 6.63. The summed E-state index contributed by atoms with van der Waals surface area (Å²) in [5, 5.41) is 3.33. The molecular formula is C20H9BrCl2N2O3S. The Morgan fingerprint density at radius 3 is 2.66 bits per heavy atom. The predicted octanol–water partition coefficient (Wildman–Crippen LogP) is 6.07. The minimum absolute atomic E-state index is 0.0103. The van der Waals surface area contributed by atoms with Crippen LogP contribution in [0.4, 0.5) is 5.13 Å². The molecule has 5 rings (SSSR count). The van der Waals surface area contributed by atoms with Gasteiger partial charge in [-0.15, -0.1) is 11.3 Å². The van der Waals surface area contributed by atoms with E-state index in [1.165, 1.54) is 16.2 Å². The first-order valence-corrected chi connectivity index (χ1v) is 10.8. The van der Waals surface area contributed by atoms with E-state index in [1.54, 1.807) is 48.0 Å². The number of hydrogen-bond donors (Lipinski definition) is 0. The number of rotatable bonds is 2. The molecule has 1 aliphatic heterocycles. The van der Waals surface area contributed by atoms with E-state index in [0.29, 0.717) is 31.7 Å². The second-order valence-electron chi connectivity index (χ2n) is 6.38. The normalized spacial score (nSPS) is 15.9. The summed E-state index contributed by atoms with van der Waals surface area (Å²) in [6, 6.07) is 9.41. The van der Waals surface area contributed by atoms with Crippen LogP contribution >= 0.6 is 50.5 Å². The third-order valence-corrected chi connectivity index (χ3v) is 6.72. The fraction of sp³-hybridized carbons (Fsp3) is 0.0500. The van der Waals surface area contributed by atoms with Gasteiger partial charge in [0, 0.05) is 16.0 Å². The summed E-state index contributed by atoms with van der Waals surface area (Å²) in [6.45, 7) is 0. The average Bonchev–Trinajstić information content (AvgIpc) is 3.32. The number of carbonyl (C=O) groups excluding carboxylic acids is 1. The molecule has 0 saturated heterocycles. The number of nitrogens with zero attached hydrogens (tertiary/aromatic N) is 2. The summed E-state index contributed by atoms with van der Waals surface area (Å²) in [5.41, 5.74) is 0.975. The number of fused-ring (bicyclic) bond motifs is 2. The quantitative estimate of drug-likeness (QED) is 0.330. The number of hydrogen-bond acceptors (Lipinski definition) is 5. The largest absolute Gasteiger partial charge is 0.450 e. The first kappa shape index (κ1) is 18.8. The van der Waals surface area contributed by atoms with Crippen LogP contribution in [0.2, 0.25) is 10.0 Å². The summed E-state index contributed by atoms with van der Waals surface area (Å²) in [6.07, 6.45) is 1.60. The number of amides is 1. The lowest BCUT2D eigenvalue weighted by Crippen LogP contribution is -2.29. The lowest BCUT2D eigenvalue weighted by atomic mass is 9.99. The Kier molecular flexibility index (Phi) is 4.51. The molecule has 29 heavy (non-hydrogen) atoms. The number of anilines is 1. The maximum absolute atomic E-state index is 13.4. The summed E-state index contributed by atoms with van der Waals surface area (Å²) >= 11 is 17.0. The molecular weight excluding hydrogens is 499 g/mol. The van der Waals surface area contributed by atoms with Gasteiger partial charge in [-0.3, -0.25) is 14.5 Å². The van der Waals surface area contributed by atoms with Gasteiger partial charge < -0.3 is 4.42 Å². The summed E-state index contributed by atoms with van der Waals surface area (Å²) in [5.74, 6) is -0.413. The topological polar surface area (TPSA) is 63.4 Å². The molecule has 3 heterocycles. The van der Waals surface area contributed by atoms with Gasteiger partial charge in [0.2, 0.25) is 5.76 Å². The Morgan fingerprint density at radius 2 is 1.93 bits per heavy atom. The average molecular weight is 508 g/mol. The highest BCUT2D eigenvalue weighted by Gasteiger charge is 2.44. The minimum atomic E-state index is -0.724. The van der Waals surface area contributed by atoms with E-state index in [2.05, 4.69) is 20.9 Å². The van der Waals surface area contributed by atoms with Gasteiger partial charge in [0.05, 0.1) is 27.0 Å². The van der Waals surface area contributed by atoms with Crippen LogP contribution in [0, 0.1) is 0 Å². The van der Waals surface area contributed by atoms with Gasteiger partial charge >= 0.3 is 0 Å². The van der Waals surface area contributed by atoms with Gasteiger partial charge in [-0.1, -0.05) is 45.2 Å². The highest BCUT2D eigenvalue weighted by molar-refractivity contribution is 9.10. The van der Waals surface area contributed by atoms with E-state index in [4.69, 9.17) is 27.6 Å². The standard InChI is InChI=1S/C20H9BrCl2N2O3S/c21-10-2-4-14-11(8-10)17(26)15-16(9-1-3-12(22)13(23)7-9)25(19(27)18(15)28-14)20-24-5-6-29-20/h1-8,16H. The molecule has 144 valence electrons. The third kappa shape index (κ3) is 2.92. The molecule has 0 fully saturated rings. The van der Waals surface area contributed by atoms with Crippen LogP contribution < -0.4 is 10.3 Å². The van der Waals surface area contributed by atoms with Crippen molar-refractivity contribution in [3.8, 4) is 0 Å². The van der Waals surface area contributed by atoms with Crippen LogP contribution in [-0.2, 0) is 0 Å². The molecule has 0 radical (unpaired) electrons.